The number of aromatic nitrogens is 1. The van der Waals surface area contributed by atoms with Gasteiger partial charge in [-0.05, 0) is 37.8 Å². The summed E-state index contributed by atoms with van der Waals surface area (Å²) in [6, 6.07) is 6.15. The van der Waals surface area contributed by atoms with Gasteiger partial charge in [-0.25, -0.2) is 13.1 Å². The van der Waals surface area contributed by atoms with Crippen LogP contribution in [-0.4, -0.2) is 26.1 Å². The van der Waals surface area contributed by atoms with Gasteiger partial charge in [-0.15, -0.1) is 0 Å². The molecule has 2 aromatic rings. The number of rotatable bonds is 6. The average Bonchev–Trinajstić information content (AvgIpc) is 3.26. The largest absolute Gasteiger partial charge is 0.435 e. The van der Waals surface area contributed by atoms with Crippen LogP contribution in [0.25, 0.3) is 0 Å². The summed E-state index contributed by atoms with van der Waals surface area (Å²) in [6.45, 7) is -0.105. The molecule has 140 valence electrons. The predicted octanol–water partition coefficient (Wildman–Crippen LogP) is 2.50. The van der Waals surface area contributed by atoms with Gasteiger partial charge in [0.25, 0.3) is 10.0 Å². The zero-order valence-corrected chi connectivity index (χ0v) is 14.7. The van der Waals surface area contributed by atoms with Gasteiger partial charge in [0.05, 0.1) is 0 Å². The van der Waals surface area contributed by atoms with Gasteiger partial charge in [0.2, 0.25) is 5.91 Å². The predicted molar refractivity (Wildman–Crippen MR) is 85.2 cm³/mol. The van der Waals surface area contributed by atoms with Crippen molar-refractivity contribution < 1.29 is 31.3 Å². The van der Waals surface area contributed by atoms with E-state index in [1.807, 2.05) is 4.72 Å². The summed E-state index contributed by atoms with van der Waals surface area (Å²) in [5.74, 6) is -1.68. The monoisotopic (exact) mass is 386 g/mol. The number of para-hydroxylation sites is 1. The van der Waals surface area contributed by atoms with Crippen molar-refractivity contribution in [2.75, 3.05) is 0 Å². The number of carbonyl (C=O) groups excluding carboxylic acids is 1. The van der Waals surface area contributed by atoms with E-state index in [1.54, 1.807) is 18.2 Å². The van der Waals surface area contributed by atoms with Gasteiger partial charge in [-0.2, -0.15) is 8.78 Å². The molecule has 1 aromatic heterocycles. The molecule has 1 aliphatic rings. The molecule has 0 bridgehead atoms. The first-order chi connectivity index (χ1) is 12.2. The number of benzene rings is 1. The number of amides is 1. The third kappa shape index (κ3) is 3.55. The Morgan fingerprint density at radius 3 is 2.65 bits per heavy atom. The number of hydrogen-bond donors (Lipinski definition) is 1. The number of halogens is 2. The lowest BCUT2D eigenvalue weighted by atomic mass is 10.1. The summed E-state index contributed by atoms with van der Waals surface area (Å²) in [4.78, 5) is 12.1. The summed E-state index contributed by atoms with van der Waals surface area (Å²) in [6.07, 6.45) is 0.340. The van der Waals surface area contributed by atoms with Crippen LogP contribution in [0.4, 0.5) is 8.78 Å². The number of hydrogen-bond acceptors (Lipinski definition) is 6. The molecular weight excluding hydrogens is 370 g/mol. The number of ether oxygens (including phenoxy) is 1. The first kappa shape index (κ1) is 18.3. The smallest absolute Gasteiger partial charge is 0.387 e. The molecule has 0 spiro atoms. The van der Waals surface area contributed by atoms with Crippen LogP contribution in [0.1, 0.15) is 29.4 Å². The van der Waals surface area contributed by atoms with Crippen molar-refractivity contribution >= 4 is 15.9 Å². The van der Waals surface area contributed by atoms with E-state index in [9.17, 15) is 22.0 Å². The molecule has 26 heavy (non-hydrogen) atoms. The number of alkyl halides is 2. The van der Waals surface area contributed by atoms with Gasteiger partial charge in [-0.3, -0.25) is 4.79 Å². The second kappa shape index (κ2) is 6.67. The van der Waals surface area contributed by atoms with Gasteiger partial charge >= 0.3 is 6.61 Å². The van der Waals surface area contributed by atoms with Crippen LogP contribution in [0, 0.1) is 19.8 Å². The normalized spacial score (nSPS) is 19.4. The summed E-state index contributed by atoms with van der Waals surface area (Å²) in [7, 11) is -4.12. The molecule has 1 aliphatic carbocycles. The third-order valence-corrected chi connectivity index (χ3v) is 5.72. The molecule has 0 saturated heterocycles. The maximum Gasteiger partial charge on any atom is 0.387 e. The van der Waals surface area contributed by atoms with Crippen LogP contribution in [-0.2, 0) is 14.8 Å². The van der Waals surface area contributed by atoms with E-state index in [1.165, 1.54) is 19.9 Å². The lowest BCUT2D eigenvalue weighted by molar-refractivity contribution is -0.120. The van der Waals surface area contributed by atoms with Crippen LogP contribution in [0.5, 0.6) is 5.75 Å². The van der Waals surface area contributed by atoms with Crippen LogP contribution in [0.3, 0.4) is 0 Å². The first-order valence-electron chi connectivity index (χ1n) is 7.74. The highest BCUT2D eigenvalue weighted by Gasteiger charge is 2.47. The summed E-state index contributed by atoms with van der Waals surface area (Å²) >= 11 is 0. The molecule has 1 amide bonds. The molecule has 3 rings (SSSR count). The molecule has 2 atom stereocenters. The Labute approximate surface area is 148 Å². The summed E-state index contributed by atoms with van der Waals surface area (Å²) < 4.78 is 61.0. The minimum Gasteiger partial charge on any atom is -0.435 e. The van der Waals surface area contributed by atoms with E-state index >= 15 is 0 Å². The molecule has 7 nitrogen and oxygen atoms in total. The first-order valence-corrected chi connectivity index (χ1v) is 9.22. The van der Waals surface area contributed by atoms with E-state index in [-0.39, 0.29) is 28.0 Å². The van der Waals surface area contributed by atoms with Crippen molar-refractivity contribution in [3.8, 4) is 5.75 Å². The van der Waals surface area contributed by atoms with Gasteiger partial charge in [-0.1, -0.05) is 23.4 Å². The van der Waals surface area contributed by atoms with E-state index < -0.39 is 28.5 Å². The van der Waals surface area contributed by atoms with Crippen molar-refractivity contribution in [1.82, 2.24) is 9.88 Å². The lowest BCUT2D eigenvalue weighted by Crippen LogP contribution is -2.32. The topological polar surface area (TPSA) is 98.5 Å². The molecule has 0 unspecified atom stereocenters. The molecule has 10 heteroatoms. The van der Waals surface area contributed by atoms with Gasteiger partial charge in [0, 0.05) is 5.92 Å². The number of nitrogens with one attached hydrogen (secondary N) is 1. The Hall–Kier alpha value is -2.49. The fourth-order valence-electron chi connectivity index (χ4n) is 2.94. The van der Waals surface area contributed by atoms with Gasteiger partial charge in [0.1, 0.15) is 11.4 Å². The van der Waals surface area contributed by atoms with Crippen LogP contribution in [0.15, 0.2) is 33.7 Å². The number of aryl methyl sites for hydroxylation is 2. The van der Waals surface area contributed by atoms with Crippen molar-refractivity contribution in [2.45, 2.75) is 37.7 Å². The third-order valence-electron chi connectivity index (χ3n) is 4.13. The van der Waals surface area contributed by atoms with E-state index in [0.717, 1.165) is 0 Å². The molecule has 0 aliphatic heterocycles. The standard InChI is InChI=1S/C16H16F2N2O5S/c1-8-14(9(2)25-19-8)26(22,23)20-15(21)12-7-11(12)10-5-3-4-6-13(10)24-16(17)18/h3-6,11-12,16H,7H2,1-2H3,(H,20,21)/t11-,12-/m0/s1. The van der Waals surface area contributed by atoms with E-state index in [2.05, 4.69) is 9.89 Å². The Kier molecular flexibility index (Phi) is 4.70. The number of nitrogens with zero attached hydrogens (tertiary/aromatic N) is 1. The fourth-order valence-corrected chi connectivity index (χ4v) is 4.30. The van der Waals surface area contributed by atoms with Gasteiger partial charge < -0.3 is 9.26 Å². The van der Waals surface area contributed by atoms with Crippen LogP contribution < -0.4 is 9.46 Å². The number of sulfonamides is 1. The molecule has 1 aromatic carbocycles. The molecule has 1 heterocycles. The number of carbonyl (C=O) groups is 1. The SMILES string of the molecule is Cc1noc(C)c1S(=O)(=O)NC(=O)[C@H]1C[C@H]1c1ccccc1OC(F)F. The van der Waals surface area contributed by atoms with Crippen molar-refractivity contribution in [3.63, 3.8) is 0 Å². The summed E-state index contributed by atoms with van der Waals surface area (Å²) in [5, 5.41) is 3.56. The van der Waals surface area contributed by atoms with Crippen molar-refractivity contribution in [2.24, 2.45) is 5.92 Å². The molecular formula is C16H16F2N2O5S. The fraction of sp³-hybridized carbons (Fsp3) is 0.375. The average molecular weight is 386 g/mol. The van der Waals surface area contributed by atoms with Crippen molar-refractivity contribution in [3.05, 3.63) is 41.3 Å². The Balaban J connectivity index is 1.74. The Morgan fingerprint density at radius 2 is 2.04 bits per heavy atom. The quantitative estimate of drug-likeness (QED) is 0.819. The highest BCUT2D eigenvalue weighted by Crippen LogP contribution is 2.50. The highest BCUT2D eigenvalue weighted by molar-refractivity contribution is 7.90. The van der Waals surface area contributed by atoms with Crippen LogP contribution in [0.2, 0.25) is 0 Å². The molecule has 1 fully saturated rings. The minimum absolute atomic E-state index is 0.0172. The van der Waals surface area contributed by atoms with E-state index in [4.69, 9.17) is 4.52 Å². The zero-order chi connectivity index (χ0) is 19.1. The second-order valence-corrected chi connectivity index (χ2v) is 7.61. The lowest BCUT2D eigenvalue weighted by Gasteiger charge is -2.10. The Bertz CT molecular complexity index is 922. The van der Waals surface area contributed by atoms with Crippen molar-refractivity contribution in [1.29, 1.82) is 0 Å². The second-order valence-electron chi connectivity index (χ2n) is 5.99. The maximum absolute atomic E-state index is 12.5. The van der Waals surface area contributed by atoms with Gasteiger partial charge in [0.15, 0.2) is 10.7 Å². The molecule has 1 saturated carbocycles. The van der Waals surface area contributed by atoms with Crippen LogP contribution >= 0.6 is 0 Å². The minimum atomic E-state index is -4.12. The highest BCUT2D eigenvalue weighted by atomic mass is 32.2. The Morgan fingerprint density at radius 1 is 1.35 bits per heavy atom. The maximum atomic E-state index is 12.5. The van der Waals surface area contributed by atoms with E-state index in [0.29, 0.717) is 12.0 Å². The zero-order valence-electron chi connectivity index (χ0n) is 13.9. The molecule has 1 N–H and O–H groups in total. The summed E-state index contributed by atoms with van der Waals surface area (Å²) in [5.41, 5.74) is 0.591. The molecule has 0 radical (unpaired) electrons.